The maximum absolute atomic E-state index is 14.4. The zero-order chi connectivity index (χ0) is 54.7. The van der Waals surface area contributed by atoms with Gasteiger partial charge in [0, 0.05) is 59.5 Å². The van der Waals surface area contributed by atoms with Crippen LogP contribution in [0.2, 0.25) is 0 Å². The van der Waals surface area contributed by atoms with Crippen molar-refractivity contribution in [1.82, 2.24) is 0 Å². The number of rotatable bonds is 17. The van der Waals surface area contributed by atoms with Gasteiger partial charge in [0.1, 0.15) is 17.6 Å². The van der Waals surface area contributed by atoms with Gasteiger partial charge >= 0.3 is 29.6 Å². The van der Waals surface area contributed by atoms with Crippen molar-refractivity contribution in [3.8, 4) is 5.75 Å². The van der Waals surface area contributed by atoms with Gasteiger partial charge < -0.3 is 58.4 Å². The minimum absolute atomic E-state index is 0. The van der Waals surface area contributed by atoms with Crippen LogP contribution < -0.4 is 39.4 Å². The standard InChI is InChI=1S/C42H70O11.C17H16O4.Na/c1-11-29(38(46)47)31-15-14-23(4)36(50-31)27(8)34(44)26(7)35(45)30(12-2)37-24(5)22-25(6)41(51-37)19-16-32(43)42(53-41)21-20-39(10,52-42)33-17-18-40(48,13-3)28(9)49-33;1-4-13(11-5-7-12(20-2)8-6-11)14-9-16(19)17(21-3)10-15(14)18;/h16,19,23-34,36-37,43-44,48H,11-15,17-18,20-22H2,1-10H3,(H,46,47);4-10,13H,1H2,2-3H3;/q;;+1/p-1. The number of hydrogen-bond donors (Lipinski definition) is 3. The Bertz CT molecular complexity index is 2260. The van der Waals surface area contributed by atoms with Gasteiger partial charge in [-0.1, -0.05) is 73.6 Å². The molecule has 75 heavy (non-hydrogen) atoms. The van der Waals surface area contributed by atoms with Gasteiger partial charge in [0.15, 0.2) is 17.3 Å². The van der Waals surface area contributed by atoms with E-state index in [2.05, 4.69) is 27.4 Å². The third kappa shape index (κ3) is 13.0. The van der Waals surface area contributed by atoms with Gasteiger partial charge in [-0.2, -0.15) is 0 Å². The summed E-state index contributed by atoms with van der Waals surface area (Å²) in [7, 11) is 2.95. The van der Waals surface area contributed by atoms with Gasteiger partial charge in [0.25, 0.3) is 0 Å². The number of carbonyl (C=O) groups is 4. The van der Waals surface area contributed by atoms with Crippen LogP contribution in [0.5, 0.6) is 5.75 Å². The Morgan fingerprint density at radius 3 is 2.12 bits per heavy atom. The first kappa shape index (κ1) is 62.8. The Labute approximate surface area is 467 Å². The van der Waals surface area contributed by atoms with E-state index in [0.29, 0.717) is 63.4 Å². The molecule has 0 saturated carbocycles. The summed E-state index contributed by atoms with van der Waals surface area (Å²) in [5, 5.41) is 46.0. The number of Topliss-reactive ketones (excluding diaryl/α,β-unsaturated/α-hetero) is 1. The molecular formula is C59H85NaO15. The van der Waals surface area contributed by atoms with E-state index in [4.69, 9.17) is 33.2 Å². The largest absolute Gasteiger partial charge is 1.00 e. The van der Waals surface area contributed by atoms with E-state index in [1.54, 1.807) is 44.4 Å². The van der Waals surface area contributed by atoms with Crippen molar-refractivity contribution >= 4 is 23.3 Å². The van der Waals surface area contributed by atoms with E-state index >= 15 is 0 Å². The van der Waals surface area contributed by atoms with Gasteiger partial charge in [-0.25, -0.2) is 0 Å². The van der Waals surface area contributed by atoms with Crippen LogP contribution in [-0.2, 0) is 47.6 Å². The number of carboxylic acid groups (broad SMARTS) is 1. The van der Waals surface area contributed by atoms with Crippen LogP contribution in [0.1, 0.15) is 145 Å². The van der Waals surface area contributed by atoms with Crippen LogP contribution in [0.4, 0.5) is 0 Å². The molecule has 0 bridgehead atoms. The molecule has 1 aromatic rings. The average Bonchev–Trinajstić information content (AvgIpc) is 3.73. The molecule has 0 aromatic heterocycles. The van der Waals surface area contributed by atoms with Crippen molar-refractivity contribution in [3.05, 3.63) is 78.1 Å². The fourth-order valence-electron chi connectivity index (χ4n) is 12.7. The van der Waals surface area contributed by atoms with Crippen LogP contribution in [0.15, 0.2) is 72.6 Å². The molecule has 16 heteroatoms. The molecular weight excluding hydrogens is 972 g/mol. The van der Waals surface area contributed by atoms with Crippen LogP contribution in [0, 0.1) is 41.4 Å². The molecule has 5 heterocycles. The molecule has 1 aliphatic carbocycles. The molecule has 3 N–H and O–H groups in total. The molecule has 1 aromatic carbocycles. The zero-order valence-electron chi connectivity index (χ0n) is 46.9. The number of methoxy groups -OCH3 is 2. The van der Waals surface area contributed by atoms with Crippen LogP contribution in [-0.4, -0.2) is 118 Å². The van der Waals surface area contributed by atoms with Crippen molar-refractivity contribution in [2.24, 2.45) is 41.4 Å². The van der Waals surface area contributed by atoms with Crippen molar-refractivity contribution < 1.29 is 102 Å². The predicted octanol–water partition coefficient (Wildman–Crippen LogP) is 4.43. The number of ketones is 3. The molecule has 4 fully saturated rings. The first-order valence-corrected chi connectivity index (χ1v) is 27.1. The fraction of sp³-hybridized carbons (Fsp3) is 0.695. The van der Waals surface area contributed by atoms with E-state index in [1.165, 1.54) is 19.3 Å². The average molecular weight is 1060 g/mol. The summed E-state index contributed by atoms with van der Waals surface area (Å²) in [5.41, 5.74) is -0.378. The van der Waals surface area contributed by atoms with Gasteiger partial charge in [0.05, 0.1) is 62.0 Å². The topological polar surface area (TPSA) is 217 Å². The summed E-state index contributed by atoms with van der Waals surface area (Å²) in [6.07, 6.45) is 9.40. The van der Waals surface area contributed by atoms with E-state index in [9.17, 15) is 39.6 Å². The maximum Gasteiger partial charge on any atom is 1.00 e. The number of benzene rings is 1. The minimum Gasteiger partial charge on any atom is -0.550 e. The van der Waals surface area contributed by atoms with Gasteiger partial charge in [-0.15, -0.1) is 6.58 Å². The second kappa shape index (κ2) is 25.8. The number of carbonyl (C=O) groups excluding carboxylic acids is 4. The van der Waals surface area contributed by atoms with E-state index < -0.39 is 82.9 Å². The van der Waals surface area contributed by atoms with E-state index in [0.717, 1.165) is 17.7 Å². The third-order valence-electron chi connectivity index (χ3n) is 17.8. The number of aliphatic hydroxyl groups is 3. The monoisotopic (exact) mass is 1060 g/mol. The number of hydrogen-bond acceptors (Lipinski definition) is 15. The molecule has 412 valence electrons. The number of aliphatic carboxylic acids is 1. The zero-order valence-corrected chi connectivity index (χ0v) is 48.9. The summed E-state index contributed by atoms with van der Waals surface area (Å²) in [6.45, 7) is 23.3. The summed E-state index contributed by atoms with van der Waals surface area (Å²) >= 11 is 0. The molecule has 5 aliphatic heterocycles. The Kier molecular flexibility index (Phi) is 21.6. The van der Waals surface area contributed by atoms with Crippen molar-refractivity contribution in [3.63, 3.8) is 0 Å². The Hall–Kier alpha value is -3.06. The SMILES string of the molecule is C=CC(C1=CC(=O)C(OC)=CC1=O)c1ccc(OC)cc1.CCC(C(=O)[O-])C1CCC(C)C(C(C)C(O)C(C)C(=O)C(CC)C2OC3(C=CC(O)C4(CCC(C)(C5CCC(O)(CC)C(C)O5)O4)O3)C(C)CC2C)O1.[Na+]. The summed E-state index contributed by atoms with van der Waals surface area (Å²) in [6, 6.07) is 7.30. The number of carboxylic acids is 1. The van der Waals surface area contributed by atoms with Crippen LogP contribution >= 0.6 is 0 Å². The second-order valence-electron chi connectivity index (χ2n) is 22.4. The molecule has 6 aliphatic rings. The molecule has 0 amide bonds. The van der Waals surface area contributed by atoms with Crippen molar-refractivity contribution in [1.29, 1.82) is 0 Å². The van der Waals surface area contributed by atoms with Gasteiger partial charge in [-0.05, 0) is 119 Å². The van der Waals surface area contributed by atoms with Gasteiger partial charge in [0.2, 0.25) is 11.6 Å². The van der Waals surface area contributed by atoms with Crippen molar-refractivity contribution in [2.45, 2.75) is 205 Å². The fourth-order valence-corrected chi connectivity index (χ4v) is 12.7. The normalized spacial score (nSPS) is 37.1. The van der Waals surface area contributed by atoms with E-state index in [1.807, 2.05) is 53.7 Å². The number of aliphatic hydroxyl groups excluding tert-OH is 2. The predicted molar refractivity (Wildman–Crippen MR) is 275 cm³/mol. The quantitative estimate of drug-likeness (QED) is 0.112. The van der Waals surface area contributed by atoms with Crippen molar-refractivity contribution in [2.75, 3.05) is 14.2 Å². The van der Waals surface area contributed by atoms with Crippen LogP contribution in [0.3, 0.4) is 0 Å². The van der Waals surface area contributed by atoms with E-state index in [-0.39, 0.29) is 88.5 Å². The summed E-state index contributed by atoms with van der Waals surface area (Å²) < 4.78 is 43.4. The molecule has 19 atom stereocenters. The first-order valence-electron chi connectivity index (χ1n) is 27.1. The Morgan fingerprint density at radius 2 is 1.55 bits per heavy atom. The molecule has 0 radical (unpaired) electrons. The molecule has 15 nitrogen and oxygen atoms in total. The Morgan fingerprint density at radius 1 is 0.880 bits per heavy atom. The second-order valence-corrected chi connectivity index (χ2v) is 22.4. The Balaban J connectivity index is 0.000000395. The molecule has 7 rings (SSSR count). The number of ether oxygens (including phenoxy) is 7. The third-order valence-corrected chi connectivity index (χ3v) is 17.8. The summed E-state index contributed by atoms with van der Waals surface area (Å²) in [4.78, 5) is 50.3. The summed E-state index contributed by atoms with van der Waals surface area (Å²) in [5.74, 6) is -6.35. The molecule has 4 saturated heterocycles. The van der Waals surface area contributed by atoms with Crippen LogP contribution in [0.25, 0.3) is 0 Å². The first-order chi connectivity index (χ1) is 34.9. The molecule has 19 unspecified atom stereocenters. The van der Waals surface area contributed by atoms with Gasteiger partial charge in [-0.3, -0.25) is 14.4 Å². The maximum atomic E-state index is 14.4. The smallest absolute Gasteiger partial charge is 0.550 e. The minimum atomic E-state index is -1.37. The number of allylic oxidation sites excluding steroid dienone is 4. The molecule has 2 spiro atoms.